The Morgan fingerprint density at radius 3 is 2.68 bits per heavy atom. The number of carbonyl (C=O) groups excluding carboxylic acids is 1. The Morgan fingerprint density at radius 1 is 1.42 bits per heavy atom. The maximum atomic E-state index is 12.2. The van der Waals surface area contributed by atoms with Gasteiger partial charge in [-0.15, -0.1) is 0 Å². The van der Waals surface area contributed by atoms with E-state index in [1.807, 2.05) is 6.92 Å². The van der Waals surface area contributed by atoms with E-state index in [1.54, 1.807) is 12.1 Å². The fraction of sp³-hybridized carbons (Fsp3) is 0.600. The standard InChI is InChI=1S/C15H21ClN2O/c1-3-15(6-4-5-7-15)10-17-14(19)12-8-11(2)18-13(16)9-12/h8-9H,3-7,10H2,1-2H3,(H,17,19). The molecule has 0 unspecified atom stereocenters. The Hall–Kier alpha value is -1.09. The van der Waals surface area contributed by atoms with Gasteiger partial charge in [0.2, 0.25) is 0 Å². The number of nitrogens with one attached hydrogen (secondary N) is 1. The van der Waals surface area contributed by atoms with Crippen LogP contribution in [0.3, 0.4) is 0 Å². The van der Waals surface area contributed by atoms with Crippen molar-refractivity contribution in [2.45, 2.75) is 46.0 Å². The molecule has 0 atom stereocenters. The number of aryl methyl sites for hydroxylation is 1. The molecule has 1 N–H and O–H groups in total. The number of pyridine rings is 1. The molecule has 1 amide bonds. The monoisotopic (exact) mass is 280 g/mol. The molecule has 1 heterocycles. The van der Waals surface area contributed by atoms with E-state index in [4.69, 9.17) is 11.6 Å². The van der Waals surface area contributed by atoms with Gasteiger partial charge in [-0.1, -0.05) is 31.4 Å². The predicted molar refractivity (Wildman–Crippen MR) is 77.5 cm³/mol. The van der Waals surface area contributed by atoms with E-state index in [9.17, 15) is 4.79 Å². The van der Waals surface area contributed by atoms with E-state index in [-0.39, 0.29) is 5.91 Å². The molecule has 0 aliphatic heterocycles. The summed E-state index contributed by atoms with van der Waals surface area (Å²) < 4.78 is 0. The largest absolute Gasteiger partial charge is 0.351 e. The van der Waals surface area contributed by atoms with Crippen LogP contribution >= 0.6 is 11.6 Å². The Bertz CT molecular complexity index is 447. The second-order valence-corrected chi connectivity index (χ2v) is 5.95. The molecule has 19 heavy (non-hydrogen) atoms. The van der Waals surface area contributed by atoms with Gasteiger partial charge in [-0.3, -0.25) is 4.79 Å². The van der Waals surface area contributed by atoms with Crippen LogP contribution in [0.4, 0.5) is 0 Å². The molecule has 4 heteroatoms. The minimum atomic E-state index is -0.0490. The SMILES string of the molecule is CCC1(CNC(=O)c2cc(C)nc(Cl)c2)CCCC1. The fourth-order valence-electron chi connectivity index (χ4n) is 2.91. The number of aromatic nitrogens is 1. The van der Waals surface area contributed by atoms with Gasteiger partial charge in [-0.05, 0) is 43.7 Å². The van der Waals surface area contributed by atoms with Crippen molar-refractivity contribution in [2.75, 3.05) is 6.54 Å². The fourth-order valence-corrected chi connectivity index (χ4v) is 3.16. The van der Waals surface area contributed by atoms with Gasteiger partial charge in [-0.25, -0.2) is 4.98 Å². The van der Waals surface area contributed by atoms with Gasteiger partial charge in [0, 0.05) is 17.8 Å². The lowest BCUT2D eigenvalue weighted by molar-refractivity contribution is 0.0928. The molecule has 1 aliphatic rings. The smallest absolute Gasteiger partial charge is 0.251 e. The molecule has 0 bridgehead atoms. The van der Waals surface area contributed by atoms with Gasteiger partial charge in [-0.2, -0.15) is 0 Å². The summed E-state index contributed by atoms with van der Waals surface area (Å²) in [5.74, 6) is -0.0490. The summed E-state index contributed by atoms with van der Waals surface area (Å²) >= 11 is 5.89. The predicted octanol–water partition coefficient (Wildman–Crippen LogP) is 3.74. The van der Waals surface area contributed by atoms with Gasteiger partial charge in [0.15, 0.2) is 0 Å². The lowest BCUT2D eigenvalue weighted by Gasteiger charge is -2.27. The Labute approximate surface area is 119 Å². The Balaban J connectivity index is 2.01. The molecule has 1 aromatic rings. The summed E-state index contributed by atoms with van der Waals surface area (Å²) in [4.78, 5) is 16.2. The lowest BCUT2D eigenvalue weighted by atomic mass is 9.83. The number of halogens is 1. The van der Waals surface area contributed by atoms with E-state index in [0.717, 1.165) is 18.7 Å². The zero-order valence-electron chi connectivity index (χ0n) is 11.6. The molecule has 0 aromatic carbocycles. The van der Waals surface area contributed by atoms with Crippen molar-refractivity contribution in [2.24, 2.45) is 5.41 Å². The van der Waals surface area contributed by atoms with Crippen LogP contribution in [0.5, 0.6) is 0 Å². The number of carbonyl (C=O) groups is 1. The summed E-state index contributed by atoms with van der Waals surface area (Å²) in [5, 5.41) is 3.43. The van der Waals surface area contributed by atoms with Crippen LogP contribution in [0.15, 0.2) is 12.1 Å². The van der Waals surface area contributed by atoms with Crippen molar-refractivity contribution in [1.82, 2.24) is 10.3 Å². The first-order valence-electron chi connectivity index (χ1n) is 6.97. The summed E-state index contributed by atoms with van der Waals surface area (Å²) in [7, 11) is 0. The van der Waals surface area contributed by atoms with Gasteiger partial charge in [0.1, 0.15) is 5.15 Å². The average molecular weight is 281 g/mol. The number of amides is 1. The summed E-state index contributed by atoms with van der Waals surface area (Å²) in [6.45, 7) is 4.82. The molecule has 1 aliphatic carbocycles. The Kier molecular flexibility index (Phi) is 4.46. The maximum absolute atomic E-state index is 12.2. The molecule has 1 fully saturated rings. The highest BCUT2D eigenvalue weighted by atomic mass is 35.5. The molecule has 1 aromatic heterocycles. The summed E-state index contributed by atoms with van der Waals surface area (Å²) in [6.07, 6.45) is 6.14. The van der Waals surface area contributed by atoms with Crippen LogP contribution in [0.25, 0.3) is 0 Å². The van der Waals surface area contributed by atoms with Crippen molar-refractivity contribution in [3.8, 4) is 0 Å². The van der Waals surface area contributed by atoms with Crippen LogP contribution in [0.2, 0.25) is 5.15 Å². The molecule has 2 rings (SSSR count). The number of rotatable bonds is 4. The first-order chi connectivity index (χ1) is 9.04. The number of nitrogens with zero attached hydrogens (tertiary/aromatic N) is 1. The second-order valence-electron chi connectivity index (χ2n) is 5.56. The highest BCUT2D eigenvalue weighted by Gasteiger charge is 2.32. The van der Waals surface area contributed by atoms with E-state index in [0.29, 0.717) is 16.1 Å². The number of hydrogen-bond acceptors (Lipinski definition) is 2. The summed E-state index contributed by atoms with van der Waals surface area (Å²) in [5.41, 5.74) is 1.67. The first-order valence-corrected chi connectivity index (χ1v) is 7.35. The minimum Gasteiger partial charge on any atom is -0.351 e. The number of hydrogen-bond donors (Lipinski definition) is 1. The maximum Gasteiger partial charge on any atom is 0.251 e. The van der Waals surface area contributed by atoms with E-state index in [2.05, 4.69) is 17.2 Å². The highest BCUT2D eigenvalue weighted by molar-refractivity contribution is 6.29. The van der Waals surface area contributed by atoms with Crippen molar-refractivity contribution < 1.29 is 4.79 Å². The zero-order valence-corrected chi connectivity index (χ0v) is 12.4. The van der Waals surface area contributed by atoms with Gasteiger partial charge in [0.25, 0.3) is 5.91 Å². The Morgan fingerprint density at radius 2 is 2.11 bits per heavy atom. The topological polar surface area (TPSA) is 42.0 Å². The van der Waals surface area contributed by atoms with Crippen LogP contribution in [-0.4, -0.2) is 17.4 Å². The van der Waals surface area contributed by atoms with Crippen LogP contribution in [-0.2, 0) is 0 Å². The molecule has 0 saturated heterocycles. The quantitative estimate of drug-likeness (QED) is 0.854. The van der Waals surface area contributed by atoms with Crippen LogP contribution in [0, 0.1) is 12.3 Å². The van der Waals surface area contributed by atoms with E-state index >= 15 is 0 Å². The van der Waals surface area contributed by atoms with E-state index < -0.39 is 0 Å². The first kappa shape index (κ1) is 14.3. The lowest BCUT2D eigenvalue weighted by Crippen LogP contribution is -2.35. The molecule has 3 nitrogen and oxygen atoms in total. The van der Waals surface area contributed by atoms with Crippen molar-refractivity contribution in [3.05, 3.63) is 28.5 Å². The summed E-state index contributed by atoms with van der Waals surface area (Å²) in [6, 6.07) is 3.39. The van der Waals surface area contributed by atoms with Crippen molar-refractivity contribution in [3.63, 3.8) is 0 Å². The third-order valence-corrected chi connectivity index (χ3v) is 4.42. The van der Waals surface area contributed by atoms with Crippen LogP contribution < -0.4 is 5.32 Å². The van der Waals surface area contributed by atoms with E-state index in [1.165, 1.54) is 25.7 Å². The molecule has 0 radical (unpaired) electrons. The molecule has 1 saturated carbocycles. The van der Waals surface area contributed by atoms with Crippen molar-refractivity contribution in [1.29, 1.82) is 0 Å². The molecular weight excluding hydrogens is 260 g/mol. The van der Waals surface area contributed by atoms with Crippen LogP contribution in [0.1, 0.15) is 55.1 Å². The normalized spacial score (nSPS) is 17.4. The third kappa shape index (κ3) is 3.47. The zero-order chi connectivity index (χ0) is 13.9. The van der Waals surface area contributed by atoms with Crippen molar-refractivity contribution >= 4 is 17.5 Å². The average Bonchev–Trinajstić information content (AvgIpc) is 2.84. The van der Waals surface area contributed by atoms with Gasteiger partial charge >= 0.3 is 0 Å². The minimum absolute atomic E-state index is 0.0490. The van der Waals surface area contributed by atoms with Gasteiger partial charge in [0.05, 0.1) is 0 Å². The second kappa shape index (κ2) is 5.91. The molecular formula is C15H21ClN2O. The third-order valence-electron chi connectivity index (χ3n) is 4.22. The van der Waals surface area contributed by atoms with Gasteiger partial charge < -0.3 is 5.32 Å². The highest BCUT2D eigenvalue weighted by Crippen LogP contribution is 2.40. The molecule has 0 spiro atoms. The molecule has 104 valence electrons.